The highest BCUT2D eigenvalue weighted by Crippen LogP contribution is 2.29. The molecule has 0 unspecified atom stereocenters. The van der Waals surface area contributed by atoms with Gasteiger partial charge in [0.1, 0.15) is 0 Å². The summed E-state index contributed by atoms with van der Waals surface area (Å²) in [6.07, 6.45) is -0.581. The Labute approximate surface area is 161 Å². The van der Waals surface area contributed by atoms with E-state index in [1.807, 2.05) is 18.2 Å². The van der Waals surface area contributed by atoms with E-state index < -0.39 is 11.7 Å². The SMILES string of the molecule is O=C(c1ccccc1)C1CCN(C(=O)C=Cc2cccc(C(F)(F)F)c2)CC1. The summed E-state index contributed by atoms with van der Waals surface area (Å²) in [5, 5.41) is 0. The van der Waals surface area contributed by atoms with Crippen LogP contribution in [-0.2, 0) is 11.0 Å². The van der Waals surface area contributed by atoms with E-state index in [0.29, 0.717) is 37.1 Å². The van der Waals surface area contributed by atoms with Crippen molar-refractivity contribution in [1.82, 2.24) is 4.90 Å². The van der Waals surface area contributed by atoms with Crippen LogP contribution in [0.2, 0.25) is 0 Å². The molecule has 28 heavy (non-hydrogen) atoms. The van der Waals surface area contributed by atoms with Crippen molar-refractivity contribution < 1.29 is 22.8 Å². The lowest BCUT2D eigenvalue weighted by molar-refractivity contribution is -0.137. The van der Waals surface area contributed by atoms with Crippen molar-refractivity contribution in [1.29, 1.82) is 0 Å². The number of hydrogen-bond donors (Lipinski definition) is 0. The Kier molecular flexibility index (Phi) is 5.97. The van der Waals surface area contributed by atoms with E-state index in [-0.39, 0.29) is 17.6 Å². The number of carbonyl (C=O) groups excluding carboxylic acids is 2. The largest absolute Gasteiger partial charge is 0.416 e. The summed E-state index contributed by atoms with van der Waals surface area (Å²) in [4.78, 5) is 26.4. The Morgan fingerprint density at radius 1 is 0.964 bits per heavy atom. The predicted octanol–water partition coefficient (Wildman–Crippen LogP) is 4.84. The van der Waals surface area contributed by atoms with Crippen molar-refractivity contribution in [2.45, 2.75) is 19.0 Å². The second-order valence-electron chi connectivity index (χ2n) is 6.79. The third-order valence-corrected chi connectivity index (χ3v) is 4.87. The molecule has 0 aliphatic carbocycles. The number of alkyl halides is 3. The van der Waals surface area contributed by atoms with Crippen LogP contribution in [0.5, 0.6) is 0 Å². The molecule has 0 N–H and O–H groups in total. The number of halogens is 3. The quantitative estimate of drug-likeness (QED) is 0.556. The number of rotatable bonds is 4. The number of piperidine rings is 1. The summed E-state index contributed by atoms with van der Waals surface area (Å²) in [5.74, 6) is -0.283. The summed E-state index contributed by atoms with van der Waals surface area (Å²) in [6, 6.07) is 13.9. The zero-order valence-corrected chi connectivity index (χ0v) is 15.2. The molecule has 0 saturated carbocycles. The number of ketones is 1. The molecule has 146 valence electrons. The molecule has 1 aliphatic heterocycles. The molecule has 0 radical (unpaired) electrons. The maximum absolute atomic E-state index is 12.8. The Balaban J connectivity index is 1.57. The Morgan fingerprint density at radius 3 is 2.29 bits per heavy atom. The van der Waals surface area contributed by atoms with Gasteiger partial charge in [0.15, 0.2) is 5.78 Å². The number of amides is 1. The molecule has 3 nitrogen and oxygen atoms in total. The highest BCUT2D eigenvalue weighted by molar-refractivity contribution is 5.98. The van der Waals surface area contributed by atoms with Crippen LogP contribution >= 0.6 is 0 Å². The minimum atomic E-state index is -4.42. The Morgan fingerprint density at radius 2 is 1.64 bits per heavy atom. The van der Waals surface area contributed by atoms with Gasteiger partial charge in [0.05, 0.1) is 5.56 Å². The third-order valence-electron chi connectivity index (χ3n) is 4.87. The molecule has 0 atom stereocenters. The van der Waals surface area contributed by atoms with Crippen LogP contribution in [0.15, 0.2) is 60.7 Å². The van der Waals surface area contributed by atoms with Gasteiger partial charge in [-0.1, -0.05) is 42.5 Å². The van der Waals surface area contributed by atoms with Gasteiger partial charge in [0.2, 0.25) is 5.91 Å². The van der Waals surface area contributed by atoms with Gasteiger partial charge < -0.3 is 4.90 Å². The fourth-order valence-corrected chi connectivity index (χ4v) is 3.29. The van der Waals surface area contributed by atoms with E-state index >= 15 is 0 Å². The highest BCUT2D eigenvalue weighted by Gasteiger charge is 2.30. The minimum Gasteiger partial charge on any atom is -0.339 e. The average molecular weight is 387 g/mol. The van der Waals surface area contributed by atoms with Gasteiger partial charge in [-0.05, 0) is 36.6 Å². The van der Waals surface area contributed by atoms with E-state index in [1.165, 1.54) is 24.3 Å². The molecule has 1 amide bonds. The number of carbonyl (C=O) groups is 2. The second-order valence-corrected chi connectivity index (χ2v) is 6.79. The summed E-state index contributed by atoms with van der Waals surface area (Å²) >= 11 is 0. The van der Waals surface area contributed by atoms with Gasteiger partial charge >= 0.3 is 6.18 Å². The maximum atomic E-state index is 12.8. The van der Waals surface area contributed by atoms with E-state index in [1.54, 1.807) is 17.0 Å². The van der Waals surface area contributed by atoms with Crippen LogP contribution in [0, 0.1) is 5.92 Å². The maximum Gasteiger partial charge on any atom is 0.416 e. The Bertz CT molecular complexity index is 867. The van der Waals surface area contributed by atoms with Crippen LogP contribution in [0.1, 0.15) is 34.3 Å². The number of Topliss-reactive ketones (excluding diaryl/α,β-unsaturated/α-hetero) is 1. The molecule has 1 aliphatic rings. The molecule has 1 fully saturated rings. The minimum absolute atomic E-state index is 0.0900. The topological polar surface area (TPSA) is 37.4 Å². The van der Waals surface area contributed by atoms with Crippen molar-refractivity contribution in [2.75, 3.05) is 13.1 Å². The normalized spacial score (nSPS) is 15.8. The monoisotopic (exact) mass is 387 g/mol. The summed E-state index contributed by atoms with van der Waals surface area (Å²) in [5.41, 5.74) is 0.247. The van der Waals surface area contributed by atoms with E-state index in [9.17, 15) is 22.8 Å². The lowest BCUT2D eigenvalue weighted by Crippen LogP contribution is -2.39. The molecule has 1 heterocycles. The first kappa shape index (κ1) is 19.9. The van der Waals surface area contributed by atoms with Crippen molar-refractivity contribution in [2.24, 2.45) is 5.92 Å². The first-order valence-corrected chi connectivity index (χ1v) is 9.08. The fraction of sp³-hybridized carbons (Fsp3) is 0.273. The highest BCUT2D eigenvalue weighted by atomic mass is 19.4. The standard InChI is InChI=1S/C22H20F3NO2/c23-22(24,25)19-8-4-5-16(15-19)9-10-20(27)26-13-11-18(12-14-26)21(28)17-6-2-1-3-7-17/h1-10,15,18H,11-14H2. The van der Waals surface area contributed by atoms with Gasteiger partial charge in [0.25, 0.3) is 0 Å². The number of nitrogens with zero attached hydrogens (tertiary/aromatic N) is 1. The molecule has 0 bridgehead atoms. The van der Waals surface area contributed by atoms with Crippen molar-refractivity contribution in [3.05, 3.63) is 77.4 Å². The first-order valence-electron chi connectivity index (χ1n) is 9.08. The van der Waals surface area contributed by atoms with Crippen molar-refractivity contribution in [3.63, 3.8) is 0 Å². The lowest BCUT2D eigenvalue weighted by atomic mass is 9.89. The molecule has 2 aromatic rings. The van der Waals surface area contributed by atoms with Crippen LogP contribution in [0.3, 0.4) is 0 Å². The molecule has 0 aromatic heterocycles. The van der Waals surface area contributed by atoms with E-state index in [0.717, 1.165) is 12.1 Å². The lowest BCUT2D eigenvalue weighted by Gasteiger charge is -2.30. The van der Waals surface area contributed by atoms with Crippen LogP contribution in [-0.4, -0.2) is 29.7 Å². The molecule has 2 aromatic carbocycles. The number of hydrogen-bond acceptors (Lipinski definition) is 2. The molecule has 0 spiro atoms. The zero-order chi connectivity index (χ0) is 20.1. The van der Waals surface area contributed by atoms with Gasteiger partial charge in [-0.25, -0.2) is 0 Å². The number of benzene rings is 2. The van der Waals surface area contributed by atoms with Crippen molar-refractivity contribution >= 4 is 17.8 Å². The average Bonchev–Trinajstić information content (AvgIpc) is 2.72. The molecule has 1 saturated heterocycles. The van der Waals surface area contributed by atoms with Crippen LogP contribution in [0.25, 0.3) is 6.08 Å². The van der Waals surface area contributed by atoms with Crippen molar-refractivity contribution in [3.8, 4) is 0 Å². The van der Waals surface area contributed by atoms with Crippen LogP contribution in [0.4, 0.5) is 13.2 Å². The van der Waals surface area contributed by atoms with Gasteiger partial charge in [0, 0.05) is 30.6 Å². The Hall–Kier alpha value is -2.89. The zero-order valence-electron chi connectivity index (χ0n) is 15.2. The molecule has 6 heteroatoms. The predicted molar refractivity (Wildman–Crippen MR) is 101 cm³/mol. The summed E-state index contributed by atoms with van der Waals surface area (Å²) < 4.78 is 38.3. The van der Waals surface area contributed by atoms with E-state index in [4.69, 9.17) is 0 Å². The number of likely N-dealkylation sites (tertiary alicyclic amines) is 1. The first-order chi connectivity index (χ1) is 13.3. The second kappa shape index (κ2) is 8.42. The smallest absolute Gasteiger partial charge is 0.339 e. The van der Waals surface area contributed by atoms with Crippen LogP contribution < -0.4 is 0 Å². The molecular weight excluding hydrogens is 367 g/mol. The summed E-state index contributed by atoms with van der Waals surface area (Å²) in [6.45, 7) is 0.907. The van der Waals surface area contributed by atoms with Gasteiger partial charge in [-0.3, -0.25) is 9.59 Å². The fourth-order valence-electron chi connectivity index (χ4n) is 3.29. The summed E-state index contributed by atoms with van der Waals surface area (Å²) in [7, 11) is 0. The molecular formula is C22H20F3NO2. The third kappa shape index (κ3) is 4.88. The molecule has 3 rings (SSSR count). The van der Waals surface area contributed by atoms with E-state index in [2.05, 4.69) is 0 Å². The van der Waals surface area contributed by atoms with Gasteiger partial charge in [-0.15, -0.1) is 0 Å². The van der Waals surface area contributed by atoms with Gasteiger partial charge in [-0.2, -0.15) is 13.2 Å².